The van der Waals surface area contributed by atoms with Crippen molar-refractivity contribution in [3.05, 3.63) is 89.5 Å². The van der Waals surface area contributed by atoms with Crippen LogP contribution in [-0.2, 0) is 4.79 Å². The van der Waals surface area contributed by atoms with E-state index >= 15 is 0 Å². The zero-order valence-corrected chi connectivity index (χ0v) is 17.3. The van der Waals surface area contributed by atoms with Crippen molar-refractivity contribution in [3.63, 3.8) is 0 Å². The van der Waals surface area contributed by atoms with Gasteiger partial charge in [-0.15, -0.1) is 0 Å². The number of nitrogens with one attached hydrogen (secondary N) is 2. The molecular weight excluding hydrogens is 376 g/mol. The molecule has 0 saturated heterocycles. The number of amides is 2. The highest BCUT2D eigenvalue weighted by molar-refractivity contribution is 5.94. The molecule has 0 fully saturated rings. The van der Waals surface area contributed by atoms with Crippen LogP contribution in [-0.4, -0.2) is 31.5 Å². The van der Waals surface area contributed by atoms with Crippen LogP contribution in [0.5, 0.6) is 5.75 Å². The maximum Gasteiger partial charge on any atom is 0.258 e. The van der Waals surface area contributed by atoms with Crippen molar-refractivity contribution in [1.29, 1.82) is 0 Å². The van der Waals surface area contributed by atoms with Crippen LogP contribution in [0.3, 0.4) is 0 Å². The topological polar surface area (TPSA) is 67.4 Å². The highest BCUT2D eigenvalue weighted by Gasteiger charge is 2.07. The van der Waals surface area contributed by atoms with Gasteiger partial charge in [0.15, 0.2) is 6.61 Å². The van der Waals surface area contributed by atoms with Gasteiger partial charge in [-0.3, -0.25) is 9.59 Å². The molecule has 154 valence electrons. The van der Waals surface area contributed by atoms with Crippen LogP contribution < -0.4 is 15.4 Å². The molecule has 0 radical (unpaired) electrons. The number of benzene rings is 3. The van der Waals surface area contributed by atoms with E-state index in [0.29, 0.717) is 24.4 Å². The van der Waals surface area contributed by atoms with Gasteiger partial charge in [0, 0.05) is 18.7 Å². The van der Waals surface area contributed by atoms with Crippen molar-refractivity contribution in [2.45, 2.75) is 13.8 Å². The van der Waals surface area contributed by atoms with E-state index in [2.05, 4.69) is 10.6 Å². The van der Waals surface area contributed by atoms with Gasteiger partial charge in [-0.2, -0.15) is 0 Å². The molecule has 3 aromatic carbocycles. The van der Waals surface area contributed by atoms with E-state index < -0.39 is 0 Å². The van der Waals surface area contributed by atoms with E-state index in [-0.39, 0.29) is 18.4 Å². The predicted octanol–water partition coefficient (Wildman–Crippen LogP) is 3.90. The summed E-state index contributed by atoms with van der Waals surface area (Å²) in [6, 6.07) is 23.3. The smallest absolute Gasteiger partial charge is 0.258 e. The second kappa shape index (κ2) is 10.3. The standard InChI is InChI=1S/C25H26N2O3/c1-18-8-13-23(19(2)16-18)30-17-24(28)26-14-15-27-25(29)22-11-9-21(10-12-22)20-6-4-3-5-7-20/h3-13,16H,14-15,17H2,1-2H3,(H,26,28)(H,27,29). The van der Waals surface area contributed by atoms with Gasteiger partial charge in [-0.1, -0.05) is 60.2 Å². The van der Waals surface area contributed by atoms with Crippen molar-refractivity contribution >= 4 is 11.8 Å². The second-order valence-electron chi connectivity index (χ2n) is 7.11. The van der Waals surface area contributed by atoms with Gasteiger partial charge >= 0.3 is 0 Å². The Balaban J connectivity index is 1.38. The highest BCUT2D eigenvalue weighted by atomic mass is 16.5. The van der Waals surface area contributed by atoms with Gasteiger partial charge in [0.2, 0.25) is 0 Å². The Bertz CT molecular complexity index is 999. The van der Waals surface area contributed by atoms with Crippen molar-refractivity contribution in [2.24, 2.45) is 0 Å². The van der Waals surface area contributed by atoms with Crippen molar-refractivity contribution < 1.29 is 14.3 Å². The van der Waals surface area contributed by atoms with E-state index in [1.165, 1.54) is 0 Å². The van der Waals surface area contributed by atoms with Gasteiger partial charge in [-0.25, -0.2) is 0 Å². The average molecular weight is 402 g/mol. The van der Waals surface area contributed by atoms with Crippen molar-refractivity contribution in [3.8, 4) is 16.9 Å². The molecule has 2 amide bonds. The van der Waals surface area contributed by atoms with E-state index in [1.54, 1.807) is 12.1 Å². The minimum atomic E-state index is -0.226. The third kappa shape index (κ3) is 5.95. The van der Waals surface area contributed by atoms with Gasteiger partial charge in [0.1, 0.15) is 5.75 Å². The first-order valence-corrected chi connectivity index (χ1v) is 9.93. The molecule has 30 heavy (non-hydrogen) atoms. The second-order valence-corrected chi connectivity index (χ2v) is 7.11. The Kier molecular flexibility index (Phi) is 7.22. The van der Waals surface area contributed by atoms with Gasteiger partial charge in [0.05, 0.1) is 0 Å². The number of rotatable bonds is 8. The van der Waals surface area contributed by atoms with Crippen LogP contribution in [0.2, 0.25) is 0 Å². The monoisotopic (exact) mass is 402 g/mol. The lowest BCUT2D eigenvalue weighted by Crippen LogP contribution is -2.36. The summed E-state index contributed by atoms with van der Waals surface area (Å²) in [5, 5.41) is 5.55. The lowest BCUT2D eigenvalue weighted by atomic mass is 10.0. The first kappa shape index (κ1) is 21.1. The van der Waals surface area contributed by atoms with E-state index in [4.69, 9.17) is 4.74 Å². The molecular formula is C25H26N2O3. The minimum Gasteiger partial charge on any atom is -0.484 e. The van der Waals surface area contributed by atoms with Gasteiger partial charge < -0.3 is 15.4 Å². The molecule has 0 unspecified atom stereocenters. The molecule has 2 N–H and O–H groups in total. The van der Waals surface area contributed by atoms with Gasteiger partial charge in [0.25, 0.3) is 11.8 Å². The van der Waals surface area contributed by atoms with Crippen molar-refractivity contribution in [1.82, 2.24) is 10.6 Å². The lowest BCUT2D eigenvalue weighted by Gasteiger charge is -2.11. The van der Waals surface area contributed by atoms with E-state index in [9.17, 15) is 9.59 Å². The Labute approximate surface area is 177 Å². The fraction of sp³-hybridized carbons (Fsp3) is 0.200. The molecule has 5 nitrogen and oxygen atoms in total. The number of hydrogen-bond donors (Lipinski definition) is 2. The number of hydrogen-bond acceptors (Lipinski definition) is 3. The fourth-order valence-electron chi connectivity index (χ4n) is 3.08. The van der Waals surface area contributed by atoms with Crippen LogP contribution in [0.1, 0.15) is 21.5 Å². The van der Waals surface area contributed by atoms with Crippen LogP contribution in [0.4, 0.5) is 0 Å². The Morgan fingerprint density at radius 2 is 1.47 bits per heavy atom. The quantitative estimate of drug-likeness (QED) is 0.562. The summed E-state index contributed by atoms with van der Waals surface area (Å²) in [4.78, 5) is 24.2. The third-order valence-electron chi connectivity index (χ3n) is 4.68. The van der Waals surface area contributed by atoms with Crippen LogP contribution >= 0.6 is 0 Å². The Hall–Kier alpha value is -3.60. The molecule has 0 heterocycles. The average Bonchev–Trinajstić information content (AvgIpc) is 2.76. The number of ether oxygens (including phenoxy) is 1. The molecule has 5 heteroatoms. The summed E-state index contributed by atoms with van der Waals surface area (Å²) in [6.45, 7) is 4.58. The van der Waals surface area contributed by atoms with Crippen LogP contribution in [0.15, 0.2) is 72.8 Å². The fourth-order valence-corrected chi connectivity index (χ4v) is 3.08. The van der Waals surface area contributed by atoms with Crippen molar-refractivity contribution in [2.75, 3.05) is 19.7 Å². The van der Waals surface area contributed by atoms with Gasteiger partial charge in [-0.05, 0) is 48.7 Å². The summed E-state index contributed by atoms with van der Waals surface area (Å²) in [5.41, 5.74) is 4.89. The molecule has 0 aliphatic rings. The lowest BCUT2D eigenvalue weighted by molar-refractivity contribution is -0.123. The first-order valence-electron chi connectivity index (χ1n) is 9.93. The Morgan fingerprint density at radius 1 is 0.800 bits per heavy atom. The molecule has 3 aromatic rings. The zero-order valence-electron chi connectivity index (χ0n) is 17.3. The van der Waals surface area contributed by atoms with E-state index in [0.717, 1.165) is 22.3 Å². The Morgan fingerprint density at radius 3 is 2.17 bits per heavy atom. The summed E-state index contributed by atoms with van der Waals surface area (Å²) in [6.07, 6.45) is 0. The molecule has 0 bridgehead atoms. The maximum absolute atomic E-state index is 12.3. The van der Waals surface area contributed by atoms with Crippen LogP contribution in [0, 0.1) is 13.8 Å². The molecule has 0 atom stereocenters. The molecule has 0 aliphatic heterocycles. The largest absolute Gasteiger partial charge is 0.484 e. The summed E-state index contributed by atoms with van der Waals surface area (Å²) >= 11 is 0. The van der Waals surface area contributed by atoms with E-state index in [1.807, 2.05) is 74.5 Å². The SMILES string of the molecule is Cc1ccc(OCC(=O)NCCNC(=O)c2ccc(-c3ccccc3)cc2)c(C)c1. The van der Waals surface area contributed by atoms with Crippen LogP contribution in [0.25, 0.3) is 11.1 Å². The minimum absolute atomic E-state index is 0.0568. The molecule has 0 spiro atoms. The maximum atomic E-state index is 12.3. The first-order chi connectivity index (χ1) is 14.5. The highest BCUT2D eigenvalue weighted by Crippen LogP contribution is 2.19. The number of carbonyl (C=O) groups excluding carboxylic acids is 2. The molecule has 3 rings (SSSR count). The predicted molar refractivity (Wildman–Crippen MR) is 119 cm³/mol. The molecule has 0 aromatic heterocycles. The summed E-state index contributed by atoms with van der Waals surface area (Å²) in [7, 11) is 0. The summed E-state index contributed by atoms with van der Waals surface area (Å²) in [5.74, 6) is 0.301. The normalized spacial score (nSPS) is 10.3. The molecule has 0 aliphatic carbocycles. The third-order valence-corrected chi connectivity index (χ3v) is 4.68. The summed E-state index contributed by atoms with van der Waals surface area (Å²) < 4.78 is 5.55. The number of carbonyl (C=O) groups is 2. The zero-order chi connectivity index (χ0) is 21.3. The number of aryl methyl sites for hydroxylation is 2. The molecule has 0 saturated carbocycles.